The molecule has 1 N–H and O–H groups in total. The number of methoxy groups -OCH3 is 1. The fourth-order valence-corrected chi connectivity index (χ4v) is 1.52. The van der Waals surface area contributed by atoms with Crippen LogP contribution in [0.5, 0.6) is 5.75 Å². The number of aromatic nitrogens is 1. The SMILES string of the molecule is CCOc1cccnc1NCCN(C)CCOC. The number of hydrogen-bond donors (Lipinski definition) is 1. The molecule has 0 spiro atoms. The third-order valence-electron chi connectivity index (χ3n) is 2.53. The molecule has 0 atom stereocenters. The fourth-order valence-electron chi connectivity index (χ4n) is 1.52. The molecule has 0 aliphatic carbocycles. The highest BCUT2D eigenvalue weighted by molar-refractivity contribution is 5.49. The Morgan fingerprint density at radius 3 is 2.94 bits per heavy atom. The zero-order chi connectivity index (χ0) is 13.2. The van der Waals surface area contributed by atoms with Crippen LogP contribution < -0.4 is 10.1 Å². The molecule has 0 aliphatic rings. The molecule has 0 saturated carbocycles. The Kier molecular flexibility index (Phi) is 7.13. The molecular formula is C13H23N3O2. The lowest BCUT2D eigenvalue weighted by molar-refractivity contribution is 0.163. The number of pyridine rings is 1. The highest BCUT2D eigenvalue weighted by atomic mass is 16.5. The average Bonchev–Trinajstić information content (AvgIpc) is 2.38. The Labute approximate surface area is 109 Å². The van der Waals surface area contributed by atoms with E-state index in [4.69, 9.17) is 9.47 Å². The van der Waals surface area contributed by atoms with E-state index >= 15 is 0 Å². The first kappa shape index (κ1) is 14.7. The summed E-state index contributed by atoms with van der Waals surface area (Å²) in [6, 6.07) is 3.80. The molecule has 0 amide bonds. The van der Waals surface area contributed by atoms with E-state index in [2.05, 4.69) is 22.2 Å². The van der Waals surface area contributed by atoms with Crippen LogP contribution in [-0.2, 0) is 4.74 Å². The van der Waals surface area contributed by atoms with Crippen molar-refractivity contribution in [2.45, 2.75) is 6.92 Å². The normalized spacial score (nSPS) is 10.7. The van der Waals surface area contributed by atoms with E-state index in [1.165, 1.54) is 0 Å². The summed E-state index contributed by atoms with van der Waals surface area (Å²) >= 11 is 0. The maximum absolute atomic E-state index is 5.50. The van der Waals surface area contributed by atoms with Crippen molar-refractivity contribution in [3.8, 4) is 5.75 Å². The van der Waals surface area contributed by atoms with Gasteiger partial charge in [0.05, 0.1) is 13.2 Å². The number of nitrogens with zero attached hydrogens (tertiary/aromatic N) is 2. The van der Waals surface area contributed by atoms with E-state index < -0.39 is 0 Å². The van der Waals surface area contributed by atoms with E-state index in [0.29, 0.717) is 6.61 Å². The average molecular weight is 253 g/mol. The standard InChI is InChI=1S/C13H23N3O2/c1-4-18-12-6-5-7-14-13(12)15-8-9-16(2)10-11-17-3/h5-7H,4,8-11H2,1-3H3,(H,14,15). The largest absolute Gasteiger partial charge is 0.490 e. The monoisotopic (exact) mass is 253 g/mol. The maximum Gasteiger partial charge on any atom is 0.168 e. The molecule has 18 heavy (non-hydrogen) atoms. The van der Waals surface area contributed by atoms with Gasteiger partial charge in [-0.25, -0.2) is 4.98 Å². The first-order chi connectivity index (χ1) is 8.77. The molecule has 0 fully saturated rings. The summed E-state index contributed by atoms with van der Waals surface area (Å²) in [4.78, 5) is 6.49. The Balaban J connectivity index is 2.34. The van der Waals surface area contributed by atoms with Crippen LogP contribution in [0.4, 0.5) is 5.82 Å². The molecule has 0 aromatic carbocycles. The number of likely N-dealkylation sites (N-methyl/N-ethyl adjacent to an activating group) is 1. The summed E-state index contributed by atoms with van der Waals surface area (Å²) in [5.41, 5.74) is 0. The predicted octanol–water partition coefficient (Wildman–Crippen LogP) is 1.47. The molecule has 0 aliphatic heterocycles. The van der Waals surface area contributed by atoms with Gasteiger partial charge in [-0.05, 0) is 26.1 Å². The van der Waals surface area contributed by atoms with Crippen LogP contribution in [0, 0.1) is 0 Å². The quantitative estimate of drug-likeness (QED) is 0.722. The Morgan fingerprint density at radius 1 is 1.39 bits per heavy atom. The van der Waals surface area contributed by atoms with Crippen molar-refractivity contribution in [1.29, 1.82) is 0 Å². The molecule has 1 heterocycles. The van der Waals surface area contributed by atoms with Gasteiger partial charge in [-0.1, -0.05) is 0 Å². The highest BCUT2D eigenvalue weighted by Gasteiger charge is 2.03. The van der Waals surface area contributed by atoms with Crippen molar-refractivity contribution >= 4 is 5.82 Å². The van der Waals surface area contributed by atoms with Crippen LogP contribution in [0.2, 0.25) is 0 Å². The molecule has 102 valence electrons. The minimum absolute atomic E-state index is 0.647. The predicted molar refractivity (Wildman–Crippen MR) is 73.3 cm³/mol. The summed E-state index contributed by atoms with van der Waals surface area (Å²) < 4.78 is 10.5. The smallest absolute Gasteiger partial charge is 0.168 e. The van der Waals surface area contributed by atoms with Crippen LogP contribution in [0.3, 0.4) is 0 Å². The van der Waals surface area contributed by atoms with E-state index in [9.17, 15) is 0 Å². The van der Waals surface area contributed by atoms with Gasteiger partial charge in [-0.3, -0.25) is 0 Å². The summed E-state index contributed by atoms with van der Waals surface area (Å²) in [7, 11) is 3.79. The zero-order valence-corrected chi connectivity index (χ0v) is 11.5. The molecule has 1 aromatic rings. The molecule has 1 aromatic heterocycles. The van der Waals surface area contributed by atoms with Gasteiger partial charge in [-0.15, -0.1) is 0 Å². The van der Waals surface area contributed by atoms with Gasteiger partial charge in [-0.2, -0.15) is 0 Å². The second-order valence-electron chi connectivity index (χ2n) is 4.01. The highest BCUT2D eigenvalue weighted by Crippen LogP contribution is 2.20. The maximum atomic E-state index is 5.50. The summed E-state index contributed by atoms with van der Waals surface area (Å²) in [5, 5.41) is 3.29. The van der Waals surface area contributed by atoms with Crippen LogP contribution in [0.15, 0.2) is 18.3 Å². The van der Waals surface area contributed by atoms with E-state index in [1.807, 2.05) is 19.1 Å². The first-order valence-corrected chi connectivity index (χ1v) is 6.27. The van der Waals surface area contributed by atoms with Gasteiger partial charge in [0.15, 0.2) is 11.6 Å². The van der Waals surface area contributed by atoms with Crippen LogP contribution in [0.25, 0.3) is 0 Å². The van der Waals surface area contributed by atoms with Crippen molar-refractivity contribution in [1.82, 2.24) is 9.88 Å². The van der Waals surface area contributed by atoms with Crippen molar-refractivity contribution in [2.75, 3.05) is 52.3 Å². The summed E-state index contributed by atoms with van der Waals surface area (Å²) in [6.45, 7) is 6.06. The molecule has 1 rings (SSSR count). The van der Waals surface area contributed by atoms with Crippen LogP contribution >= 0.6 is 0 Å². The van der Waals surface area contributed by atoms with Crippen molar-refractivity contribution < 1.29 is 9.47 Å². The van der Waals surface area contributed by atoms with Gasteiger partial charge in [0.2, 0.25) is 0 Å². The van der Waals surface area contributed by atoms with Gasteiger partial charge in [0, 0.05) is 32.9 Å². The lowest BCUT2D eigenvalue weighted by Gasteiger charge is -2.17. The minimum atomic E-state index is 0.647. The van der Waals surface area contributed by atoms with Gasteiger partial charge < -0.3 is 19.7 Å². The van der Waals surface area contributed by atoms with Gasteiger partial charge in [0.1, 0.15) is 0 Å². The van der Waals surface area contributed by atoms with E-state index in [1.54, 1.807) is 13.3 Å². The van der Waals surface area contributed by atoms with Crippen molar-refractivity contribution in [3.05, 3.63) is 18.3 Å². The van der Waals surface area contributed by atoms with Crippen LogP contribution in [0.1, 0.15) is 6.92 Å². The molecular weight excluding hydrogens is 230 g/mol. The zero-order valence-electron chi connectivity index (χ0n) is 11.5. The van der Waals surface area contributed by atoms with Crippen molar-refractivity contribution in [2.24, 2.45) is 0 Å². The number of anilines is 1. The third-order valence-corrected chi connectivity index (χ3v) is 2.53. The number of nitrogens with one attached hydrogen (secondary N) is 1. The van der Waals surface area contributed by atoms with Gasteiger partial charge >= 0.3 is 0 Å². The van der Waals surface area contributed by atoms with E-state index in [0.717, 1.165) is 37.8 Å². The molecule has 0 bridgehead atoms. The number of rotatable bonds is 9. The second-order valence-corrected chi connectivity index (χ2v) is 4.01. The minimum Gasteiger partial charge on any atom is -0.490 e. The van der Waals surface area contributed by atoms with Crippen molar-refractivity contribution in [3.63, 3.8) is 0 Å². The summed E-state index contributed by atoms with van der Waals surface area (Å²) in [6.07, 6.45) is 1.76. The molecule has 5 nitrogen and oxygen atoms in total. The first-order valence-electron chi connectivity index (χ1n) is 6.27. The number of hydrogen-bond acceptors (Lipinski definition) is 5. The topological polar surface area (TPSA) is 46.6 Å². The second kappa shape index (κ2) is 8.72. The number of ether oxygens (including phenoxy) is 2. The molecule has 0 radical (unpaired) electrons. The van der Waals surface area contributed by atoms with Gasteiger partial charge in [0.25, 0.3) is 0 Å². The molecule has 5 heteroatoms. The Morgan fingerprint density at radius 2 is 2.22 bits per heavy atom. The Bertz CT molecular complexity index is 334. The van der Waals surface area contributed by atoms with Crippen LogP contribution in [-0.4, -0.2) is 56.9 Å². The van der Waals surface area contributed by atoms with E-state index in [-0.39, 0.29) is 0 Å². The lowest BCUT2D eigenvalue weighted by Crippen LogP contribution is -2.28. The molecule has 0 saturated heterocycles. The fraction of sp³-hybridized carbons (Fsp3) is 0.615. The third kappa shape index (κ3) is 5.33. The Hall–Kier alpha value is -1.33. The lowest BCUT2D eigenvalue weighted by atomic mass is 10.4. The molecule has 0 unspecified atom stereocenters. The summed E-state index contributed by atoms with van der Waals surface area (Å²) in [5.74, 6) is 1.61.